The summed E-state index contributed by atoms with van der Waals surface area (Å²) in [6, 6.07) is 64.1. The van der Waals surface area contributed by atoms with Crippen LogP contribution in [-0.4, -0.2) is 0 Å². The predicted octanol–water partition coefficient (Wildman–Crippen LogP) is 14.2. The summed E-state index contributed by atoms with van der Waals surface area (Å²) < 4.78 is 10.7. The zero-order valence-corrected chi connectivity index (χ0v) is 27.5. The molecule has 1 heteroatoms. The highest BCUT2D eigenvalue weighted by Gasteiger charge is 2.18. The Morgan fingerprint density at radius 3 is 1.71 bits per heavy atom. The molecule has 0 fully saturated rings. The molecule has 0 aliphatic carbocycles. The van der Waals surface area contributed by atoms with E-state index in [2.05, 4.69) is 164 Å². The minimum absolute atomic E-state index is 0.535. The van der Waals surface area contributed by atoms with Crippen LogP contribution in [0.1, 0.15) is 1.37 Å². The van der Waals surface area contributed by atoms with Crippen molar-refractivity contribution in [2.24, 2.45) is 0 Å². The fraction of sp³-hybridized carbons (Fsp3) is 0. The fourth-order valence-electron chi connectivity index (χ4n) is 7.81. The van der Waals surface area contributed by atoms with Crippen molar-refractivity contribution in [2.45, 2.75) is 0 Å². The van der Waals surface area contributed by atoms with Gasteiger partial charge in [0.1, 0.15) is 0 Å². The molecule has 0 saturated heterocycles. The van der Waals surface area contributed by atoms with Gasteiger partial charge in [-0.25, -0.2) is 0 Å². The van der Waals surface area contributed by atoms with Crippen molar-refractivity contribution in [3.63, 3.8) is 0 Å². The Morgan fingerprint density at radius 1 is 0.367 bits per heavy atom. The van der Waals surface area contributed by atoms with E-state index in [1.807, 2.05) is 23.5 Å². The molecule has 10 rings (SSSR count). The van der Waals surface area contributed by atoms with E-state index >= 15 is 0 Å². The van der Waals surface area contributed by atoms with Crippen molar-refractivity contribution in [2.75, 3.05) is 0 Å². The maximum Gasteiger partial charge on any atom is 0.0623 e. The van der Waals surface area contributed by atoms with Gasteiger partial charge < -0.3 is 0 Å². The average Bonchev–Trinajstić information content (AvgIpc) is 3.56. The SMILES string of the molecule is [2H]c1ccc2cc(-c3c4ccccc4c(-c4cccc(-c5cccc6sc7c(-c8ccccc8)cccc7c56)c4)c4ccccc34)ccc2c1. The van der Waals surface area contributed by atoms with Crippen LogP contribution in [0.15, 0.2) is 182 Å². The van der Waals surface area contributed by atoms with Gasteiger partial charge in [-0.1, -0.05) is 164 Å². The Balaban J connectivity index is 1.20. The third kappa shape index (κ3) is 4.51. The molecule has 0 atom stereocenters. The molecule has 228 valence electrons. The summed E-state index contributed by atoms with van der Waals surface area (Å²) in [5.74, 6) is 0. The molecular formula is C48H30S. The van der Waals surface area contributed by atoms with E-state index in [4.69, 9.17) is 1.37 Å². The molecule has 49 heavy (non-hydrogen) atoms. The lowest BCUT2D eigenvalue weighted by Gasteiger charge is -2.18. The van der Waals surface area contributed by atoms with E-state index in [9.17, 15) is 0 Å². The van der Waals surface area contributed by atoms with Crippen LogP contribution in [0, 0.1) is 0 Å². The molecule has 0 aliphatic rings. The number of fused-ring (bicyclic) bond motifs is 6. The van der Waals surface area contributed by atoms with Crippen molar-refractivity contribution in [3.8, 4) is 44.5 Å². The molecule has 0 unspecified atom stereocenters. The van der Waals surface area contributed by atoms with Crippen molar-refractivity contribution in [1.82, 2.24) is 0 Å². The molecule has 0 aliphatic heterocycles. The first-order chi connectivity index (χ1) is 24.7. The summed E-state index contributed by atoms with van der Waals surface area (Å²) in [6.45, 7) is 0. The van der Waals surface area contributed by atoms with Crippen molar-refractivity contribution in [3.05, 3.63) is 182 Å². The van der Waals surface area contributed by atoms with Crippen LogP contribution in [0.25, 0.3) is 97.0 Å². The van der Waals surface area contributed by atoms with Gasteiger partial charge in [0, 0.05) is 20.2 Å². The van der Waals surface area contributed by atoms with Crippen LogP contribution >= 0.6 is 11.3 Å². The van der Waals surface area contributed by atoms with Crippen LogP contribution in [0.5, 0.6) is 0 Å². The summed E-state index contributed by atoms with van der Waals surface area (Å²) in [4.78, 5) is 0. The normalized spacial score (nSPS) is 12.0. The van der Waals surface area contributed by atoms with E-state index < -0.39 is 0 Å². The van der Waals surface area contributed by atoms with Gasteiger partial charge >= 0.3 is 0 Å². The lowest BCUT2D eigenvalue weighted by atomic mass is 9.85. The summed E-state index contributed by atoms with van der Waals surface area (Å²) in [5, 5.41) is 9.83. The zero-order valence-electron chi connectivity index (χ0n) is 27.7. The van der Waals surface area contributed by atoms with Gasteiger partial charge in [-0.3, -0.25) is 0 Å². The van der Waals surface area contributed by atoms with Gasteiger partial charge in [0.05, 0.1) is 1.37 Å². The molecule has 9 aromatic carbocycles. The largest absolute Gasteiger partial charge is 0.135 e. The molecule has 10 aromatic rings. The molecule has 0 spiro atoms. The minimum atomic E-state index is 0.535. The highest BCUT2D eigenvalue weighted by atomic mass is 32.1. The summed E-state index contributed by atoms with van der Waals surface area (Å²) >= 11 is 1.89. The van der Waals surface area contributed by atoms with Gasteiger partial charge in [-0.15, -0.1) is 11.3 Å². The van der Waals surface area contributed by atoms with Crippen LogP contribution in [0.4, 0.5) is 0 Å². The highest BCUT2D eigenvalue weighted by Crippen LogP contribution is 2.47. The summed E-state index contributed by atoms with van der Waals surface area (Å²) in [7, 11) is 0. The fourth-order valence-corrected chi connectivity index (χ4v) is 9.07. The number of hydrogen-bond donors (Lipinski definition) is 0. The van der Waals surface area contributed by atoms with Gasteiger partial charge in [-0.05, 0) is 95.0 Å². The van der Waals surface area contributed by atoms with E-state index in [1.165, 1.54) is 86.2 Å². The Labute approximate surface area is 290 Å². The summed E-state index contributed by atoms with van der Waals surface area (Å²) in [5.41, 5.74) is 9.93. The average molecular weight is 640 g/mol. The first kappa shape index (κ1) is 27.0. The standard InChI is InChI=1S/C48H30S/c1-2-14-32(15-3-1)38-24-11-25-43-47-37(23-12-26-44(47)49-48(38)43)34-17-10-18-35(30-34)45-39-19-6-8-21-41(39)46(42-22-9-7-20-40(42)45)36-28-27-31-13-4-5-16-33(31)29-36/h1-30H/i4D. The maximum absolute atomic E-state index is 8.09. The topological polar surface area (TPSA) is 0 Å². The Hall–Kier alpha value is -6.02. The monoisotopic (exact) mass is 639 g/mol. The molecule has 0 nitrogen and oxygen atoms in total. The highest BCUT2D eigenvalue weighted by molar-refractivity contribution is 7.26. The molecule has 0 radical (unpaired) electrons. The van der Waals surface area contributed by atoms with Gasteiger partial charge in [0.15, 0.2) is 0 Å². The van der Waals surface area contributed by atoms with Crippen molar-refractivity contribution in [1.29, 1.82) is 0 Å². The van der Waals surface area contributed by atoms with Crippen molar-refractivity contribution < 1.29 is 1.37 Å². The Kier molecular flexibility index (Phi) is 6.22. The number of hydrogen-bond acceptors (Lipinski definition) is 1. The third-order valence-corrected chi connectivity index (χ3v) is 11.2. The minimum Gasteiger partial charge on any atom is -0.135 e. The van der Waals surface area contributed by atoms with Gasteiger partial charge in [0.2, 0.25) is 0 Å². The number of thiophene rings is 1. The van der Waals surface area contributed by atoms with Crippen LogP contribution < -0.4 is 0 Å². The van der Waals surface area contributed by atoms with Gasteiger partial charge in [-0.2, -0.15) is 0 Å². The molecular weight excluding hydrogens is 609 g/mol. The van der Waals surface area contributed by atoms with Crippen LogP contribution in [-0.2, 0) is 0 Å². The van der Waals surface area contributed by atoms with E-state index in [0.717, 1.165) is 10.8 Å². The maximum atomic E-state index is 8.09. The first-order valence-electron chi connectivity index (χ1n) is 17.3. The molecule has 0 bridgehead atoms. The molecule has 0 amide bonds. The van der Waals surface area contributed by atoms with Crippen LogP contribution in [0.2, 0.25) is 0 Å². The lowest BCUT2D eigenvalue weighted by Crippen LogP contribution is -1.91. The van der Waals surface area contributed by atoms with Crippen LogP contribution in [0.3, 0.4) is 0 Å². The summed E-state index contributed by atoms with van der Waals surface area (Å²) in [6.07, 6.45) is 0. The number of benzene rings is 9. The molecule has 1 heterocycles. The first-order valence-corrected chi connectivity index (χ1v) is 17.6. The Bertz CT molecular complexity index is 2880. The molecule has 1 aromatic heterocycles. The van der Waals surface area contributed by atoms with E-state index in [-0.39, 0.29) is 0 Å². The predicted molar refractivity (Wildman–Crippen MR) is 214 cm³/mol. The second kappa shape index (κ2) is 11.3. The number of rotatable bonds is 4. The van der Waals surface area contributed by atoms with Gasteiger partial charge in [0.25, 0.3) is 0 Å². The lowest BCUT2D eigenvalue weighted by molar-refractivity contribution is 1.64. The second-order valence-electron chi connectivity index (χ2n) is 12.7. The zero-order chi connectivity index (χ0) is 33.2. The second-order valence-corrected chi connectivity index (χ2v) is 13.8. The van der Waals surface area contributed by atoms with Crippen molar-refractivity contribution >= 4 is 63.8 Å². The quantitative estimate of drug-likeness (QED) is 0.168. The smallest absolute Gasteiger partial charge is 0.0623 e. The van der Waals surface area contributed by atoms with E-state index in [0.29, 0.717) is 6.04 Å². The molecule has 0 N–H and O–H groups in total. The van der Waals surface area contributed by atoms with E-state index in [1.54, 1.807) is 0 Å². The molecule has 0 saturated carbocycles. The Morgan fingerprint density at radius 2 is 0.959 bits per heavy atom. The third-order valence-electron chi connectivity index (χ3n) is 9.97.